The van der Waals surface area contributed by atoms with E-state index in [0.29, 0.717) is 15.1 Å². The van der Waals surface area contributed by atoms with Crippen molar-refractivity contribution < 1.29 is 0 Å². The van der Waals surface area contributed by atoms with Gasteiger partial charge in [-0.15, -0.1) is 0 Å². The van der Waals surface area contributed by atoms with E-state index in [1.807, 2.05) is 24.3 Å². The van der Waals surface area contributed by atoms with Gasteiger partial charge in [0, 0.05) is 22.9 Å². The summed E-state index contributed by atoms with van der Waals surface area (Å²) in [4.78, 5) is 0. The largest absolute Gasteiger partial charge is 0.0830 e. The van der Waals surface area contributed by atoms with E-state index in [2.05, 4.69) is 12.1 Å². The second-order valence-corrected chi connectivity index (χ2v) is 4.83. The first-order valence-electron chi connectivity index (χ1n) is 4.97. The summed E-state index contributed by atoms with van der Waals surface area (Å²) in [5, 5.41) is 5.45. The van der Waals surface area contributed by atoms with Crippen molar-refractivity contribution in [2.45, 2.75) is 0 Å². The third-order valence-electron chi connectivity index (χ3n) is 2.76. The maximum absolute atomic E-state index is 6.16. The van der Waals surface area contributed by atoms with Crippen molar-refractivity contribution in [1.29, 1.82) is 0 Å². The average molecular weight is 280 g/mol. The van der Waals surface area contributed by atoms with Crippen LogP contribution in [0.2, 0.25) is 15.1 Å². The molecule has 0 unspecified atom stereocenters. The summed E-state index contributed by atoms with van der Waals surface area (Å²) in [6.07, 6.45) is 0. The first-order chi connectivity index (χ1) is 8.18. The fraction of sp³-hybridized carbons (Fsp3) is 0. The summed E-state index contributed by atoms with van der Waals surface area (Å²) < 4.78 is 0. The number of fused-ring (bicyclic) bond motifs is 3. The highest BCUT2D eigenvalue weighted by atomic mass is 35.5. The fourth-order valence-corrected chi connectivity index (χ4v) is 2.55. The van der Waals surface area contributed by atoms with Crippen molar-refractivity contribution in [3.63, 3.8) is 0 Å². The molecule has 3 rings (SSSR count). The van der Waals surface area contributed by atoms with Crippen LogP contribution in [0.3, 0.4) is 0 Å². The van der Waals surface area contributed by atoms with Crippen LogP contribution < -0.4 is 0 Å². The minimum atomic E-state index is 0.437. The maximum Gasteiger partial charge on any atom is 0.0677 e. The van der Waals surface area contributed by atoms with Crippen molar-refractivity contribution in [2.75, 3.05) is 0 Å². The van der Waals surface area contributed by atoms with Gasteiger partial charge in [-0.3, -0.25) is 0 Å². The molecule has 2 radical (unpaired) electrons. The fourth-order valence-electron chi connectivity index (χ4n) is 1.95. The molecule has 0 aromatic heterocycles. The smallest absolute Gasteiger partial charge is 0.0677 e. The molecule has 0 atom stereocenters. The lowest BCUT2D eigenvalue weighted by Gasteiger charge is -2.07. The van der Waals surface area contributed by atoms with Crippen LogP contribution in [0, 0.1) is 12.1 Å². The van der Waals surface area contributed by atoms with Gasteiger partial charge in [0.05, 0.1) is 15.1 Å². The molecule has 0 aliphatic carbocycles. The Morgan fingerprint density at radius 3 is 2.29 bits per heavy atom. The Kier molecular flexibility index (Phi) is 2.67. The summed E-state index contributed by atoms with van der Waals surface area (Å²) in [6.45, 7) is 0. The van der Waals surface area contributed by atoms with E-state index >= 15 is 0 Å². The van der Waals surface area contributed by atoms with Gasteiger partial charge in [-0.2, -0.15) is 0 Å². The summed E-state index contributed by atoms with van der Waals surface area (Å²) in [6, 6.07) is 15.3. The first kappa shape index (κ1) is 11.2. The van der Waals surface area contributed by atoms with Crippen LogP contribution in [0.4, 0.5) is 0 Å². The van der Waals surface area contributed by atoms with E-state index in [4.69, 9.17) is 34.8 Å². The molecule has 0 amide bonds. The molecule has 0 spiro atoms. The van der Waals surface area contributed by atoms with E-state index in [-0.39, 0.29) is 0 Å². The number of rotatable bonds is 0. The van der Waals surface area contributed by atoms with E-state index in [1.165, 1.54) is 0 Å². The van der Waals surface area contributed by atoms with E-state index < -0.39 is 0 Å². The highest BCUT2D eigenvalue weighted by Crippen LogP contribution is 2.36. The van der Waals surface area contributed by atoms with Crippen LogP contribution in [0.5, 0.6) is 0 Å². The molecule has 0 nitrogen and oxygen atoms in total. The molecule has 3 heteroatoms. The van der Waals surface area contributed by atoms with E-state index in [1.54, 1.807) is 6.07 Å². The summed E-state index contributed by atoms with van der Waals surface area (Å²) in [5.74, 6) is 0. The van der Waals surface area contributed by atoms with Gasteiger partial charge in [0.15, 0.2) is 0 Å². The molecule has 0 saturated carbocycles. The molecule has 0 aliphatic heterocycles. The zero-order chi connectivity index (χ0) is 12.0. The van der Waals surface area contributed by atoms with Gasteiger partial charge >= 0.3 is 0 Å². The maximum atomic E-state index is 6.16. The third kappa shape index (κ3) is 1.68. The quantitative estimate of drug-likeness (QED) is 0.473. The van der Waals surface area contributed by atoms with Crippen molar-refractivity contribution in [2.24, 2.45) is 0 Å². The molecule has 3 aromatic rings. The second-order valence-electron chi connectivity index (χ2n) is 3.70. The van der Waals surface area contributed by atoms with Gasteiger partial charge in [-0.25, -0.2) is 0 Å². The van der Waals surface area contributed by atoms with Crippen LogP contribution in [0.25, 0.3) is 21.5 Å². The predicted octanol–water partition coefficient (Wildman–Crippen LogP) is 5.55. The van der Waals surface area contributed by atoms with Crippen molar-refractivity contribution in [3.8, 4) is 0 Å². The number of hydrogen-bond acceptors (Lipinski definition) is 0. The molecular weight excluding hydrogens is 275 g/mol. The highest BCUT2D eigenvalue weighted by molar-refractivity contribution is 6.46. The molecule has 17 heavy (non-hydrogen) atoms. The van der Waals surface area contributed by atoms with E-state index in [0.717, 1.165) is 21.5 Å². The summed E-state index contributed by atoms with van der Waals surface area (Å²) >= 11 is 18.2. The van der Waals surface area contributed by atoms with Crippen LogP contribution in [-0.2, 0) is 0 Å². The second kappa shape index (κ2) is 4.06. The van der Waals surface area contributed by atoms with Gasteiger partial charge in [0.2, 0.25) is 0 Å². The van der Waals surface area contributed by atoms with Gasteiger partial charge in [-0.1, -0.05) is 59.1 Å². The summed E-state index contributed by atoms with van der Waals surface area (Å²) in [5.41, 5.74) is 0. The molecule has 3 aromatic carbocycles. The molecule has 0 saturated heterocycles. The lowest BCUT2D eigenvalue weighted by molar-refractivity contribution is 1.74. The number of halogens is 3. The minimum absolute atomic E-state index is 0.437. The lowest BCUT2D eigenvalue weighted by atomic mass is 10.0. The zero-order valence-electron chi connectivity index (χ0n) is 8.52. The Labute approximate surface area is 114 Å². The van der Waals surface area contributed by atoms with E-state index in [9.17, 15) is 0 Å². The van der Waals surface area contributed by atoms with Crippen LogP contribution in [0.1, 0.15) is 0 Å². The van der Waals surface area contributed by atoms with Crippen LogP contribution >= 0.6 is 34.8 Å². The van der Waals surface area contributed by atoms with Gasteiger partial charge in [0.25, 0.3) is 0 Å². The third-order valence-corrected chi connectivity index (χ3v) is 3.86. The van der Waals surface area contributed by atoms with Crippen molar-refractivity contribution in [1.82, 2.24) is 0 Å². The number of hydrogen-bond donors (Lipinski definition) is 0. The molecule has 0 heterocycles. The average Bonchev–Trinajstić information content (AvgIpc) is 2.34. The first-order valence-corrected chi connectivity index (χ1v) is 6.10. The van der Waals surface area contributed by atoms with Crippen molar-refractivity contribution in [3.05, 3.63) is 57.5 Å². The Morgan fingerprint density at radius 1 is 0.706 bits per heavy atom. The van der Waals surface area contributed by atoms with Crippen molar-refractivity contribution >= 4 is 56.3 Å². The molecule has 82 valence electrons. The standard InChI is InChI=1S/C14H5Cl3/c15-12-3-1-2-8-9-6-7-13(16)14(17)11(9)5-4-10(8)12/h1-2,4-6H. The normalized spacial score (nSPS) is 11.2. The predicted molar refractivity (Wildman–Crippen MR) is 74.2 cm³/mol. The molecule has 0 N–H and O–H groups in total. The Bertz CT molecular complexity index is 732. The van der Waals surface area contributed by atoms with Crippen LogP contribution in [0.15, 0.2) is 30.3 Å². The Hall–Kier alpha value is -0.950. The van der Waals surface area contributed by atoms with Gasteiger partial charge in [-0.05, 0) is 16.8 Å². The van der Waals surface area contributed by atoms with Crippen LogP contribution in [-0.4, -0.2) is 0 Å². The molecular formula is C14H5Cl3. The number of benzene rings is 3. The topological polar surface area (TPSA) is 0 Å². The Morgan fingerprint density at radius 2 is 1.47 bits per heavy atom. The minimum Gasteiger partial charge on any atom is -0.0830 e. The zero-order valence-corrected chi connectivity index (χ0v) is 10.8. The molecule has 0 fully saturated rings. The SMILES string of the molecule is Clc1[c]cc2c(ccc3c(Cl)[c]ccc32)c1Cl. The highest BCUT2D eigenvalue weighted by Gasteiger charge is 2.08. The van der Waals surface area contributed by atoms with Gasteiger partial charge in [0.1, 0.15) is 0 Å². The summed E-state index contributed by atoms with van der Waals surface area (Å²) in [7, 11) is 0. The molecule has 0 bridgehead atoms. The monoisotopic (exact) mass is 278 g/mol. The molecule has 0 aliphatic rings. The lowest BCUT2D eigenvalue weighted by Crippen LogP contribution is -1.81. The Balaban J connectivity index is 2.58. The van der Waals surface area contributed by atoms with Gasteiger partial charge < -0.3 is 0 Å².